The molecule has 0 saturated carbocycles. The van der Waals surface area contributed by atoms with Gasteiger partial charge in [-0.3, -0.25) is 4.79 Å². The summed E-state index contributed by atoms with van der Waals surface area (Å²) in [5, 5.41) is 3.62. The minimum atomic E-state index is -0.326. The number of likely N-dealkylation sites (N-methyl/N-ethyl adjacent to an activating group) is 1. The number of hydrogen-bond donors (Lipinski definition) is 1. The van der Waals surface area contributed by atoms with Crippen molar-refractivity contribution >= 4 is 28.1 Å². The number of aromatic nitrogens is 1. The van der Waals surface area contributed by atoms with Crippen molar-refractivity contribution in [3.05, 3.63) is 41.2 Å². The van der Waals surface area contributed by atoms with Crippen molar-refractivity contribution in [1.29, 1.82) is 0 Å². The van der Waals surface area contributed by atoms with Gasteiger partial charge >= 0.3 is 0 Å². The van der Waals surface area contributed by atoms with E-state index in [1.54, 1.807) is 6.20 Å². The van der Waals surface area contributed by atoms with Gasteiger partial charge in [0, 0.05) is 31.9 Å². The standard InChI is InChI=1S/C15H17FN4OS/c1-19-6-8-20(9-7-19)15-17-10-13(22-15)14(21)18-12-4-2-11(16)3-5-12/h2-5,10H,6-9H2,1H3,(H,18,21). The molecule has 3 rings (SSSR count). The van der Waals surface area contributed by atoms with Crippen molar-refractivity contribution in [1.82, 2.24) is 9.88 Å². The first-order chi connectivity index (χ1) is 10.6. The molecule has 1 aromatic heterocycles. The Morgan fingerprint density at radius 3 is 2.59 bits per heavy atom. The summed E-state index contributed by atoms with van der Waals surface area (Å²) < 4.78 is 12.9. The van der Waals surface area contributed by atoms with Gasteiger partial charge in [0.05, 0.1) is 6.20 Å². The van der Waals surface area contributed by atoms with Crippen molar-refractivity contribution in [2.75, 3.05) is 43.4 Å². The highest BCUT2D eigenvalue weighted by atomic mass is 32.1. The number of benzene rings is 1. The number of hydrogen-bond acceptors (Lipinski definition) is 5. The Morgan fingerprint density at radius 1 is 1.23 bits per heavy atom. The van der Waals surface area contributed by atoms with Crippen LogP contribution in [0.5, 0.6) is 0 Å². The molecule has 0 spiro atoms. The van der Waals surface area contributed by atoms with Gasteiger partial charge in [0.25, 0.3) is 5.91 Å². The number of amides is 1. The smallest absolute Gasteiger partial charge is 0.267 e. The molecule has 1 amide bonds. The number of halogens is 1. The van der Waals surface area contributed by atoms with Crippen LogP contribution in [0.3, 0.4) is 0 Å². The van der Waals surface area contributed by atoms with E-state index in [2.05, 4.69) is 27.1 Å². The molecule has 0 atom stereocenters. The lowest BCUT2D eigenvalue weighted by molar-refractivity contribution is 0.103. The fourth-order valence-corrected chi connectivity index (χ4v) is 3.10. The second kappa shape index (κ2) is 6.41. The van der Waals surface area contributed by atoms with E-state index in [1.165, 1.54) is 35.6 Å². The fraction of sp³-hybridized carbons (Fsp3) is 0.333. The van der Waals surface area contributed by atoms with Crippen LogP contribution in [0, 0.1) is 5.82 Å². The number of rotatable bonds is 3. The first-order valence-electron chi connectivity index (χ1n) is 7.08. The first kappa shape index (κ1) is 14.9. The average molecular weight is 320 g/mol. The summed E-state index contributed by atoms with van der Waals surface area (Å²) in [5.74, 6) is -0.544. The predicted octanol–water partition coefficient (Wildman–Crippen LogP) is 2.29. The van der Waals surface area contributed by atoms with Gasteiger partial charge in [0.1, 0.15) is 10.7 Å². The van der Waals surface area contributed by atoms with E-state index in [-0.39, 0.29) is 11.7 Å². The maximum absolute atomic E-state index is 12.9. The Hall–Kier alpha value is -1.99. The molecule has 0 unspecified atom stereocenters. The zero-order chi connectivity index (χ0) is 15.5. The van der Waals surface area contributed by atoms with Gasteiger partial charge in [-0.15, -0.1) is 0 Å². The summed E-state index contributed by atoms with van der Waals surface area (Å²) in [6, 6.07) is 5.71. The molecule has 0 aliphatic carbocycles. The highest BCUT2D eigenvalue weighted by molar-refractivity contribution is 7.17. The highest BCUT2D eigenvalue weighted by Gasteiger charge is 2.19. The van der Waals surface area contributed by atoms with Gasteiger partial charge in [0.15, 0.2) is 5.13 Å². The lowest BCUT2D eigenvalue weighted by Gasteiger charge is -2.32. The molecular weight excluding hydrogens is 303 g/mol. The molecule has 5 nitrogen and oxygen atoms in total. The highest BCUT2D eigenvalue weighted by Crippen LogP contribution is 2.24. The number of thiazole rings is 1. The Balaban J connectivity index is 1.65. The van der Waals surface area contributed by atoms with Gasteiger partial charge in [-0.25, -0.2) is 9.37 Å². The molecule has 22 heavy (non-hydrogen) atoms. The van der Waals surface area contributed by atoms with E-state index >= 15 is 0 Å². The van der Waals surface area contributed by atoms with Crippen molar-refractivity contribution in [3.63, 3.8) is 0 Å². The van der Waals surface area contributed by atoms with Crippen molar-refractivity contribution < 1.29 is 9.18 Å². The average Bonchev–Trinajstić information content (AvgIpc) is 3.00. The third-order valence-electron chi connectivity index (χ3n) is 3.59. The van der Waals surface area contributed by atoms with Gasteiger partial charge in [-0.1, -0.05) is 11.3 Å². The molecule has 0 bridgehead atoms. The largest absolute Gasteiger partial charge is 0.346 e. The molecule has 1 N–H and O–H groups in total. The van der Waals surface area contributed by atoms with E-state index < -0.39 is 0 Å². The maximum Gasteiger partial charge on any atom is 0.267 e. The summed E-state index contributed by atoms with van der Waals surface area (Å²) in [4.78, 5) is 21.6. The Kier molecular flexibility index (Phi) is 4.35. The molecule has 0 radical (unpaired) electrons. The molecule has 1 aliphatic rings. The Bertz CT molecular complexity index is 650. The van der Waals surface area contributed by atoms with E-state index in [0.717, 1.165) is 31.3 Å². The van der Waals surface area contributed by atoms with E-state index in [9.17, 15) is 9.18 Å². The van der Waals surface area contributed by atoms with E-state index in [1.807, 2.05) is 0 Å². The van der Waals surface area contributed by atoms with Crippen molar-refractivity contribution in [2.45, 2.75) is 0 Å². The van der Waals surface area contributed by atoms with Crippen LogP contribution in [0.15, 0.2) is 30.5 Å². The lowest BCUT2D eigenvalue weighted by Crippen LogP contribution is -2.44. The minimum absolute atomic E-state index is 0.218. The summed E-state index contributed by atoms with van der Waals surface area (Å²) in [6.45, 7) is 3.83. The predicted molar refractivity (Wildman–Crippen MR) is 86.2 cm³/mol. The van der Waals surface area contributed by atoms with Crippen LogP contribution < -0.4 is 10.2 Å². The summed E-state index contributed by atoms with van der Waals surface area (Å²) in [5.41, 5.74) is 0.570. The van der Waals surface area contributed by atoms with Crippen molar-refractivity contribution in [3.8, 4) is 0 Å². The molecular formula is C15H17FN4OS. The summed E-state index contributed by atoms with van der Waals surface area (Å²) in [6.07, 6.45) is 1.59. The van der Waals surface area contributed by atoms with Gasteiger partial charge < -0.3 is 15.1 Å². The zero-order valence-electron chi connectivity index (χ0n) is 12.3. The molecule has 1 aromatic carbocycles. The Labute approximate surface area is 132 Å². The SMILES string of the molecule is CN1CCN(c2ncc(C(=O)Nc3ccc(F)cc3)s2)CC1. The molecule has 1 fully saturated rings. The zero-order valence-corrected chi connectivity index (χ0v) is 13.1. The molecule has 1 saturated heterocycles. The number of nitrogens with one attached hydrogen (secondary N) is 1. The third kappa shape index (κ3) is 3.42. The minimum Gasteiger partial charge on any atom is -0.346 e. The van der Waals surface area contributed by atoms with Crippen LogP contribution in [-0.2, 0) is 0 Å². The van der Waals surface area contributed by atoms with Crippen LogP contribution in [0.2, 0.25) is 0 Å². The van der Waals surface area contributed by atoms with E-state index in [4.69, 9.17) is 0 Å². The monoisotopic (exact) mass is 320 g/mol. The number of carbonyl (C=O) groups is 1. The topological polar surface area (TPSA) is 48.5 Å². The second-order valence-electron chi connectivity index (χ2n) is 5.26. The Morgan fingerprint density at radius 2 is 1.91 bits per heavy atom. The quantitative estimate of drug-likeness (QED) is 0.943. The molecule has 7 heteroatoms. The molecule has 116 valence electrons. The van der Waals surface area contributed by atoms with Gasteiger partial charge in [-0.05, 0) is 31.3 Å². The molecule has 1 aliphatic heterocycles. The van der Waals surface area contributed by atoms with E-state index in [0.29, 0.717) is 10.6 Å². The third-order valence-corrected chi connectivity index (χ3v) is 4.65. The number of carbonyl (C=O) groups excluding carboxylic acids is 1. The van der Waals surface area contributed by atoms with Crippen LogP contribution in [-0.4, -0.2) is 49.0 Å². The summed E-state index contributed by atoms with van der Waals surface area (Å²) >= 11 is 1.38. The van der Waals surface area contributed by atoms with Crippen LogP contribution in [0.1, 0.15) is 9.67 Å². The first-order valence-corrected chi connectivity index (χ1v) is 7.90. The second-order valence-corrected chi connectivity index (χ2v) is 6.27. The number of anilines is 2. The lowest BCUT2D eigenvalue weighted by atomic mass is 10.3. The van der Waals surface area contributed by atoms with Crippen LogP contribution >= 0.6 is 11.3 Å². The number of nitrogens with zero attached hydrogens (tertiary/aromatic N) is 3. The summed E-state index contributed by atoms with van der Waals surface area (Å²) in [7, 11) is 2.10. The van der Waals surface area contributed by atoms with Crippen molar-refractivity contribution in [2.24, 2.45) is 0 Å². The van der Waals surface area contributed by atoms with Crippen LogP contribution in [0.4, 0.5) is 15.2 Å². The molecule has 2 aromatic rings. The number of piperazine rings is 1. The fourth-order valence-electron chi connectivity index (χ4n) is 2.24. The maximum atomic E-state index is 12.9. The van der Waals surface area contributed by atoms with Gasteiger partial charge in [-0.2, -0.15) is 0 Å². The normalized spacial score (nSPS) is 15.8. The van der Waals surface area contributed by atoms with Crippen LogP contribution in [0.25, 0.3) is 0 Å². The van der Waals surface area contributed by atoms with Gasteiger partial charge in [0.2, 0.25) is 0 Å². The molecule has 2 heterocycles.